The van der Waals surface area contributed by atoms with Crippen LogP contribution in [0.3, 0.4) is 0 Å². The number of hydrogen-bond donors (Lipinski definition) is 3. The van der Waals surface area contributed by atoms with Gasteiger partial charge in [-0.25, -0.2) is 9.48 Å². The van der Waals surface area contributed by atoms with Gasteiger partial charge in [-0.1, -0.05) is 57.2 Å². The van der Waals surface area contributed by atoms with E-state index in [1.165, 1.54) is 12.1 Å². The van der Waals surface area contributed by atoms with Gasteiger partial charge >= 0.3 is 5.97 Å². The van der Waals surface area contributed by atoms with Gasteiger partial charge in [-0.05, 0) is 43.9 Å². The number of azo groups is 1. The number of carbonyl (C=O) groups excluding carboxylic acids is 1. The number of aromatic hydroxyl groups is 1. The molecule has 11 nitrogen and oxygen atoms in total. The van der Waals surface area contributed by atoms with Crippen LogP contribution in [0.2, 0.25) is 0 Å². The number of fused-ring (bicyclic) bond motifs is 1. The third-order valence-corrected chi connectivity index (χ3v) is 6.84. The van der Waals surface area contributed by atoms with Crippen molar-refractivity contribution < 1.29 is 27.6 Å². The highest BCUT2D eigenvalue weighted by molar-refractivity contribution is 7.86. The zero-order chi connectivity index (χ0) is 29.6. The first-order chi connectivity index (χ1) is 18.5. The largest absolute Gasteiger partial charge is 0.506 e. The topological polar surface area (TPSA) is 163 Å². The maximum Gasteiger partial charge on any atom is 0.359 e. The number of nitrogens with zero attached hydrogens (tertiary/aromatic N) is 3. The Morgan fingerprint density at radius 3 is 2.05 bits per heavy atom. The number of phenols is 1. The lowest BCUT2D eigenvalue weighted by Gasteiger charge is -2.19. The van der Waals surface area contributed by atoms with E-state index in [0.29, 0.717) is 5.69 Å². The van der Waals surface area contributed by atoms with E-state index in [1.807, 2.05) is 12.1 Å². The van der Waals surface area contributed by atoms with Crippen molar-refractivity contribution in [2.45, 2.75) is 57.5 Å². The molecule has 0 spiro atoms. The Kier molecular flexibility index (Phi) is 7.20. The molecule has 0 fully saturated rings. The molecule has 0 aliphatic rings. The van der Waals surface area contributed by atoms with Gasteiger partial charge in [-0.2, -0.15) is 8.42 Å². The minimum atomic E-state index is -4.67. The predicted octanol–water partition coefficient (Wildman–Crippen LogP) is 5.94. The van der Waals surface area contributed by atoms with E-state index in [2.05, 4.69) is 36.1 Å². The number of hydrogen-bond acceptors (Lipinski definition) is 8. The Morgan fingerprint density at radius 1 is 0.925 bits per heavy atom. The number of ether oxygens (including phenoxy) is 1. The van der Waals surface area contributed by atoms with Crippen LogP contribution in [0.4, 0.5) is 11.4 Å². The maximum absolute atomic E-state index is 13.5. The van der Waals surface area contributed by atoms with Crippen LogP contribution in [0.5, 0.6) is 5.75 Å². The lowest BCUT2D eigenvalue weighted by molar-refractivity contribution is 0.00632. The van der Waals surface area contributed by atoms with Crippen LogP contribution in [0.1, 0.15) is 57.6 Å². The molecular weight excluding hydrogens is 536 g/mol. The van der Waals surface area contributed by atoms with E-state index < -0.39 is 37.9 Å². The van der Waals surface area contributed by atoms with E-state index in [1.54, 1.807) is 45.0 Å². The minimum absolute atomic E-state index is 0.0783. The zero-order valence-electron chi connectivity index (χ0n) is 22.9. The van der Waals surface area contributed by atoms with Crippen molar-refractivity contribution in [3.05, 3.63) is 76.2 Å². The van der Waals surface area contributed by atoms with E-state index in [-0.39, 0.29) is 33.3 Å². The number of H-pyrrole nitrogens is 1. The summed E-state index contributed by atoms with van der Waals surface area (Å²) in [6.07, 6.45) is 0. The molecule has 4 aromatic rings. The molecule has 0 unspecified atom stereocenters. The zero-order valence-corrected chi connectivity index (χ0v) is 23.7. The van der Waals surface area contributed by atoms with Crippen molar-refractivity contribution in [2.24, 2.45) is 10.2 Å². The molecule has 3 N–H and O–H groups in total. The highest BCUT2D eigenvalue weighted by atomic mass is 32.2. The fourth-order valence-electron chi connectivity index (χ4n) is 4.02. The lowest BCUT2D eigenvalue weighted by Crippen LogP contribution is -2.24. The summed E-state index contributed by atoms with van der Waals surface area (Å²) in [7, 11) is -4.67. The van der Waals surface area contributed by atoms with E-state index >= 15 is 0 Å². The Balaban J connectivity index is 1.90. The molecule has 0 saturated carbocycles. The van der Waals surface area contributed by atoms with E-state index in [9.17, 15) is 27.7 Å². The fourth-order valence-corrected chi connectivity index (χ4v) is 4.73. The van der Waals surface area contributed by atoms with Gasteiger partial charge in [-0.15, -0.1) is 10.2 Å². The number of carbonyl (C=O) groups is 1. The minimum Gasteiger partial charge on any atom is -0.506 e. The van der Waals surface area contributed by atoms with Crippen molar-refractivity contribution in [3.63, 3.8) is 0 Å². The number of benzene rings is 3. The molecule has 12 heteroatoms. The van der Waals surface area contributed by atoms with Crippen LogP contribution < -0.4 is 5.56 Å². The van der Waals surface area contributed by atoms with E-state index in [4.69, 9.17) is 4.74 Å². The summed E-state index contributed by atoms with van der Waals surface area (Å²) in [6, 6.07) is 14.1. The average molecular weight is 567 g/mol. The monoisotopic (exact) mass is 566 g/mol. The third kappa shape index (κ3) is 5.82. The highest BCUT2D eigenvalue weighted by Crippen LogP contribution is 2.40. The second kappa shape index (κ2) is 10.0. The Morgan fingerprint density at radius 2 is 1.50 bits per heavy atom. The van der Waals surface area contributed by atoms with Crippen molar-refractivity contribution in [2.75, 3.05) is 0 Å². The molecule has 0 saturated heterocycles. The number of aromatic amines is 1. The quantitative estimate of drug-likeness (QED) is 0.153. The number of nitrogens with one attached hydrogen (secondary N) is 1. The Bertz CT molecular complexity index is 1800. The molecule has 1 aromatic heterocycles. The molecule has 40 heavy (non-hydrogen) atoms. The molecule has 1 heterocycles. The number of aromatic nitrogens is 2. The fraction of sp³-hybridized carbons (Fsp3) is 0.286. The molecule has 0 bridgehead atoms. The summed E-state index contributed by atoms with van der Waals surface area (Å²) in [5.41, 5.74) is -1.02. The molecule has 0 aliphatic carbocycles. The third-order valence-electron chi connectivity index (χ3n) is 5.95. The smallest absolute Gasteiger partial charge is 0.359 e. The second-order valence-corrected chi connectivity index (χ2v) is 12.6. The number of rotatable bonds is 5. The van der Waals surface area contributed by atoms with Gasteiger partial charge in [0, 0.05) is 16.8 Å². The van der Waals surface area contributed by atoms with Crippen molar-refractivity contribution >= 4 is 38.2 Å². The number of esters is 1. The normalized spacial score (nSPS) is 12.8. The highest BCUT2D eigenvalue weighted by Gasteiger charge is 2.27. The molecule has 0 atom stereocenters. The maximum atomic E-state index is 13.5. The van der Waals surface area contributed by atoms with Crippen LogP contribution in [-0.4, -0.2) is 39.4 Å². The second-order valence-electron chi connectivity index (χ2n) is 11.2. The van der Waals surface area contributed by atoms with Gasteiger partial charge in [0.2, 0.25) is 0 Å². The van der Waals surface area contributed by atoms with Gasteiger partial charge in [0.05, 0.1) is 5.69 Å². The summed E-state index contributed by atoms with van der Waals surface area (Å²) in [6.45, 7) is 11.2. The van der Waals surface area contributed by atoms with Gasteiger partial charge in [0.25, 0.3) is 15.7 Å². The van der Waals surface area contributed by atoms with Crippen LogP contribution in [0, 0.1) is 0 Å². The molecule has 0 radical (unpaired) electrons. The SMILES string of the molecule is CC(C)(C)OC(=O)c1[nH]n(-c2ccc(C(C)(C)C)cc2)c(=O)c1N=Nc1c(O)cc(S(=O)(=O)O)c2ccccc12. The van der Waals surface area contributed by atoms with Crippen LogP contribution in [0.25, 0.3) is 16.5 Å². The molecular formula is C28H30N4O7S. The first kappa shape index (κ1) is 28.7. The molecule has 210 valence electrons. The van der Waals surface area contributed by atoms with Crippen LogP contribution >= 0.6 is 0 Å². The summed E-state index contributed by atoms with van der Waals surface area (Å²) >= 11 is 0. The van der Waals surface area contributed by atoms with Gasteiger partial charge in [-0.3, -0.25) is 14.4 Å². The Hall–Kier alpha value is -4.29. The van der Waals surface area contributed by atoms with E-state index in [0.717, 1.165) is 16.3 Å². The first-order valence-electron chi connectivity index (χ1n) is 12.3. The van der Waals surface area contributed by atoms with Gasteiger partial charge in [0.15, 0.2) is 11.4 Å². The van der Waals surface area contributed by atoms with Crippen molar-refractivity contribution in [1.29, 1.82) is 0 Å². The van der Waals surface area contributed by atoms with Gasteiger partial charge in [0.1, 0.15) is 21.9 Å². The average Bonchev–Trinajstić information content (AvgIpc) is 3.17. The molecule has 0 aliphatic heterocycles. The van der Waals surface area contributed by atoms with Crippen molar-refractivity contribution in [1.82, 2.24) is 9.78 Å². The van der Waals surface area contributed by atoms with Gasteiger partial charge < -0.3 is 9.84 Å². The molecule has 3 aromatic carbocycles. The number of phenolic OH excluding ortho intramolecular Hbond substituents is 1. The first-order valence-corrected chi connectivity index (χ1v) is 13.7. The molecule has 4 rings (SSSR count). The van der Waals surface area contributed by atoms with Crippen LogP contribution in [-0.2, 0) is 20.3 Å². The summed E-state index contributed by atoms with van der Waals surface area (Å²) < 4.78 is 40.0. The summed E-state index contributed by atoms with van der Waals surface area (Å²) in [5.74, 6) is -1.46. The summed E-state index contributed by atoms with van der Waals surface area (Å²) in [4.78, 5) is 26.0. The molecule has 0 amide bonds. The summed E-state index contributed by atoms with van der Waals surface area (Å²) in [5, 5.41) is 21.6. The van der Waals surface area contributed by atoms with Crippen LogP contribution in [0.15, 0.2) is 74.5 Å². The Labute approximate surface area is 230 Å². The standard InChI is InChI=1S/C28H30N4O7S/c1-27(2,3)16-11-13-17(14-12-16)32-25(34)23(24(31-32)26(35)39-28(4,5)6)30-29-22-19-10-8-7-9-18(19)21(15-20(22)33)40(36,37)38/h7-15,31,33H,1-6H3,(H,36,37,38). The lowest BCUT2D eigenvalue weighted by atomic mass is 9.87. The predicted molar refractivity (Wildman–Crippen MR) is 150 cm³/mol. The van der Waals surface area contributed by atoms with Crippen molar-refractivity contribution in [3.8, 4) is 11.4 Å².